The molecule has 0 spiro atoms. The lowest BCUT2D eigenvalue weighted by Crippen LogP contribution is -2.20. The van der Waals surface area contributed by atoms with Gasteiger partial charge in [-0.05, 0) is 23.6 Å². The molecule has 2 rings (SSSR count). The predicted molar refractivity (Wildman–Crippen MR) is 80.0 cm³/mol. The maximum Gasteiger partial charge on any atom is 0.270 e. The van der Waals surface area contributed by atoms with Crippen LogP contribution in [0, 0.1) is 10.1 Å². The standard InChI is InChI=1S/C14H12N2O4S/c17-13-5-3-11(16(19)20)8-10(13)9-15-14(18)6-4-12-2-1-7-21-12/h1-8,17H,9H2,(H,15,18)/b6-4+. The Morgan fingerprint density at radius 2 is 2.24 bits per heavy atom. The summed E-state index contributed by atoms with van der Waals surface area (Å²) in [5, 5.41) is 24.7. The molecule has 0 radical (unpaired) electrons. The molecule has 0 unspecified atom stereocenters. The van der Waals surface area contributed by atoms with Gasteiger partial charge in [0.25, 0.3) is 5.69 Å². The van der Waals surface area contributed by atoms with E-state index in [2.05, 4.69) is 5.32 Å². The van der Waals surface area contributed by atoms with Crippen molar-refractivity contribution in [3.63, 3.8) is 0 Å². The number of nitrogens with one attached hydrogen (secondary N) is 1. The summed E-state index contributed by atoms with van der Waals surface area (Å²) in [4.78, 5) is 22.7. The second-order valence-corrected chi connectivity index (χ2v) is 5.12. The number of aromatic hydroxyl groups is 1. The fourth-order valence-electron chi connectivity index (χ4n) is 1.61. The van der Waals surface area contributed by atoms with E-state index in [0.29, 0.717) is 5.56 Å². The number of non-ortho nitro benzene ring substituents is 1. The van der Waals surface area contributed by atoms with Crippen molar-refractivity contribution in [2.45, 2.75) is 6.54 Å². The highest BCUT2D eigenvalue weighted by Gasteiger charge is 2.10. The lowest BCUT2D eigenvalue weighted by atomic mass is 10.2. The Bertz CT molecular complexity index is 680. The van der Waals surface area contributed by atoms with Crippen LogP contribution in [0.2, 0.25) is 0 Å². The number of phenols is 1. The van der Waals surface area contributed by atoms with Crippen molar-refractivity contribution in [1.82, 2.24) is 5.32 Å². The molecule has 0 bridgehead atoms. The molecule has 0 aliphatic carbocycles. The van der Waals surface area contributed by atoms with E-state index in [1.807, 2.05) is 17.5 Å². The van der Waals surface area contributed by atoms with Crippen LogP contribution in [-0.2, 0) is 11.3 Å². The fourth-order valence-corrected chi connectivity index (χ4v) is 2.23. The van der Waals surface area contributed by atoms with Crippen molar-refractivity contribution in [1.29, 1.82) is 0 Å². The number of nitrogens with zero attached hydrogens (tertiary/aromatic N) is 1. The lowest BCUT2D eigenvalue weighted by molar-refractivity contribution is -0.384. The van der Waals surface area contributed by atoms with E-state index in [1.54, 1.807) is 6.08 Å². The Hall–Kier alpha value is -2.67. The summed E-state index contributed by atoms with van der Waals surface area (Å²) < 4.78 is 0. The first-order valence-corrected chi connectivity index (χ1v) is 6.90. The quantitative estimate of drug-likeness (QED) is 0.504. The van der Waals surface area contributed by atoms with Crippen LogP contribution in [0.4, 0.5) is 5.69 Å². The molecule has 6 nitrogen and oxygen atoms in total. The van der Waals surface area contributed by atoms with Crippen LogP contribution < -0.4 is 5.32 Å². The van der Waals surface area contributed by atoms with Crippen LogP contribution in [0.5, 0.6) is 5.75 Å². The van der Waals surface area contributed by atoms with Crippen molar-refractivity contribution >= 4 is 29.0 Å². The highest BCUT2D eigenvalue weighted by atomic mass is 32.1. The van der Waals surface area contributed by atoms with Gasteiger partial charge in [0.1, 0.15) is 5.75 Å². The summed E-state index contributed by atoms with van der Waals surface area (Å²) in [6.07, 6.45) is 3.05. The zero-order valence-electron chi connectivity index (χ0n) is 10.9. The maximum absolute atomic E-state index is 11.6. The van der Waals surface area contributed by atoms with Crippen molar-refractivity contribution in [3.8, 4) is 5.75 Å². The van der Waals surface area contributed by atoms with Crippen molar-refractivity contribution in [2.24, 2.45) is 0 Å². The Kier molecular flexibility index (Phi) is 4.68. The van der Waals surface area contributed by atoms with E-state index in [4.69, 9.17) is 0 Å². The Labute approximate surface area is 124 Å². The number of rotatable bonds is 5. The number of phenolic OH excluding ortho intramolecular Hbond substituents is 1. The topological polar surface area (TPSA) is 92.5 Å². The molecule has 0 aliphatic heterocycles. The van der Waals surface area contributed by atoms with Gasteiger partial charge in [-0.1, -0.05) is 6.07 Å². The molecule has 0 saturated heterocycles. The van der Waals surface area contributed by atoms with Crippen LogP contribution in [0.1, 0.15) is 10.4 Å². The zero-order valence-corrected chi connectivity index (χ0v) is 11.7. The second kappa shape index (κ2) is 6.67. The Morgan fingerprint density at radius 1 is 1.43 bits per heavy atom. The summed E-state index contributed by atoms with van der Waals surface area (Å²) in [6.45, 7) is 0.0150. The number of hydrogen-bond acceptors (Lipinski definition) is 5. The first-order valence-electron chi connectivity index (χ1n) is 6.02. The normalized spacial score (nSPS) is 10.7. The summed E-state index contributed by atoms with van der Waals surface area (Å²) in [7, 11) is 0. The molecule has 1 amide bonds. The minimum absolute atomic E-state index is 0.0150. The third-order valence-corrected chi connectivity index (χ3v) is 3.51. The van der Waals surface area contributed by atoms with Gasteiger partial charge in [0.15, 0.2) is 0 Å². The summed E-state index contributed by atoms with van der Waals surface area (Å²) >= 11 is 1.51. The van der Waals surface area contributed by atoms with Gasteiger partial charge in [0.2, 0.25) is 5.91 Å². The molecule has 1 aromatic heterocycles. The summed E-state index contributed by atoms with van der Waals surface area (Å²) in [5.74, 6) is -0.433. The highest BCUT2D eigenvalue weighted by molar-refractivity contribution is 7.10. The van der Waals surface area contributed by atoms with E-state index in [9.17, 15) is 20.0 Å². The first kappa shape index (κ1) is 14.7. The lowest BCUT2D eigenvalue weighted by Gasteiger charge is -2.05. The molecule has 0 saturated carbocycles. The Balaban J connectivity index is 1.98. The minimum atomic E-state index is -0.554. The third kappa shape index (κ3) is 4.15. The number of nitro groups is 1. The molecular formula is C14H12N2O4S. The van der Waals surface area contributed by atoms with Gasteiger partial charge in [-0.3, -0.25) is 14.9 Å². The van der Waals surface area contributed by atoms with Crippen molar-refractivity contribution in [2.75, 3.05) is 0 Å². The predicted octanol–water partition coefficient (Wildman–Crippen LogP) is 2.69. The molecule has 1 heterocycles. The van der Waals surface area contributed by atoms with Gasteiger partial charge in [-0.2, -0.15) is 0 Å². The average Bonchev–Trinajstić information content (AvgIpc) is 2.97. The van der Waals surface area contributed by atoms with E-state index >= 15 is 0 Å². The number of carbonyl (C=O) groups excluding carboxylic acids is 1. The van der Waals surface area contributed by atoms with Crippen molar-refractivity contribution in [3.05, 3.63) is 62.3 Å². The van der Waals surface area contributed by atoms with Gasteiger partial charge in [0, 0.05) is 35.2 Å². The smallest absolute Gasteiger partial charge is 0.270 e. The van der Waals surface area contributed by atoms with Gasteiger partial charge in [-0.25, -0.2) is 0 Å². The van der Waals surface area contributed by atoms with Crippen molar-refractivity contribution < 1.29 is 14.8 Å². The highest BCUT2D eigenvalue weighted by Crippen LogP contribution is 2.22. The van der Waals surface area contributed by atoms with Crippen LogP contribution in [-0.4, -0.2) is 15.9 Å². The number of nitro benzene ring substituents is 1. The van der Waals surface area contributed by atoms with Gasteiger partial charge in [-0.15, -0.1) is 11.3 Å². The molecular weight excluding hydrogens is 292 g/mol. The summed E-state index contributed by atoms with van der Waals surface area (Å²) in [5.41, 5.74) is 0.160. The van der Waals surface area contributed by atoms with E-state index in [-0.39, 0.29) is 23.9 Å². The largest absolute Gasteiger partial charge is 0.508 e. The zero-order chi connectivity index (χ0) is 15.2. The molecule has 1 aromatic carbocycles. The van der Waals surface area contributed by atoms with Crippen LogP contribution in [0.25, 0.3) is 6.08 Å². The van der Waals surface area contributed by atoms with Crippen LogP contribution in [0.15, 0.2) is 41.8 Å². The first-order chi connectivity index (χ1) is 10.1. The second-order valence-electron chi connectivity index (χ2n) is 4.14. The molecule has 0 atom stereocenters. The fraction of sp³-hybridized carbons (Fsp3) is 0.0714. The summed E-state index contributed by atoms with van der Waals surface area (Å²) in [6, 6.07) is 7.43. The van der Waals surface area contributed by atoms with E-state index < -0.39 is 4.92 Å². The molecule has 2 aromatic rings. The number of benzene rings is 1. The molecule has 0 fully saturated rings. The number of amides is 1. The number of hydrogen-bond donors (Lipinski definition) is 2. The number of carbonyl (C=O) groups is 1. The van der Waals surface area contributed by atoms with Gasteiger partial charge >= 0.3 is 0 Å². The average molecular weight is 304 g/mol. The van der Waals surface area contributed by atoms with Crippen LogP contribution in [0.3, 0.4) is 0 Å². The van der Waals surface area contributed by atoms with Crippen LogP contribution >= 0.6 is 11.3 Å². The molecule has 0 aliphatic rings. The van der Waals surface area contributed by atoms with E-state index in [0.717, 1.165) is 4.88 Å². The Morgan fingerprint density at radius 3 is 2.90 bits per heavy atom. The monoisotopic (exact) mass is 304 g/mol. The van der Waals surface area contributed by atoms with Gasteiger partial charge < -0.3 is 10.4 Å². The number of thiophene rings is 1. The molecule has 7 heteroatoms. The molecule has 2 N–H and O–H groups in total. The van der Waals surface area contributed by atoms with E-state index in [1.165, 1.54) is 35.6 Å². The SMILES string of the molecule is O=C(/C=C/c1cccs1)NCc1cc([N+](=O)[O-])ccc1O. The van der Waals surface area contributed by atoms with Gasteiger partial charge in [0.05, 0.1) is 4.92 Å². The maximum atomic E-state index is 11.6. The molecule has 108 valence electrons. The minimum Gasteiger partial charge on any atom is -0.508 e. The molecule has 21 heavy (non-hydrogen) atoms. The third-order valence-electron chi connectivity index (χ3n) is 2.67.